The van der Waals surface area contributed by atoms with Crippen LogP contribution in [-0.4, -0.2) is 32.2 Å². The molecule has 3 aliphatic rings. The maximum atomic E-state index is 12.1. The number of hydrogen-bond donors (Lipinski definition) is 0. The first kappa shape index (κ1) is 16.2. The van der Waals surface area contributed by atoms with Gasteiger partial charge in [0.15, 0.2) is 0 Å². The van der Waals surface area contributed by atoms with E-state index in [4.69, 9.17) is 9.47 Å². The largest absolute Gasteiger partial charge is 0.379 e. The minimum atomic E-state index is 0.0479. The van der Waals surface area contributed by atoms with Crippen molar-refractivity contribution in [2.24, 2.45) is 23.2 Å². The van der Waals surface area contributed by atoms with Gasteiger partial charge in [0, 0.05) is 25.0 Å². The average Bonchev–Trinajstić information content (AvgIpc) is 3.05. The Morgan fingerprint density at radius 1 is 1.41 bits per heavy atom. The van der Waals surface area contributed by atoms with E-state index in [0.717, 1.165) is 32.3 Å². The molecule has 0 bridgehead atoms. The number of rotatable bonds is 5. The van der Waals surface area contributed by atoms with Gasteiger partial charge in [-0.25, -0.2) is 0 Å². The summed E-state index contributed by atoms with van der Waals surface area (Å²) >= 11 is 0. The van der Waals surface area contributed by atoms with Crippen LogP contribution in [0.2, 0.25) is 0 Å². The number of Topliss-reactive ketones (excluding diaryl/α,β-unsaturated/α-hetero) is 1. The molecule has 0 spiro atoms. The van der Waals surface area contributed by atoms with Gasteiger partial charge in [0.1, 0.15) is 5.78 Å². The second kappa shape index (κ2) is 6.84. The van der Waals surface area contributed by atoms with E-state index in [9.17, 15) is 4.79 Å². The lowest BCUT2D eigenvalue weighted by Crippen LogP contribution is -2.32. The second-order valence-electron chi connectivity index (χ2n) is 7.57. The molecule has 1 saturated heterocycles. The Morgan fingerprint density at radius 3 is 3.00 bits per heavy atom. The van der Waals surface area contributed by atoms with E-state index in [1.807, 2.05) is 6.92 Å². The molecule has 3 heteroatoms. The van der Waals surface area contributed by atoms with Crippen molar-refractivity contribution in [1.82, 2.24) is 0 Å². The first-order valence-corrected chi connectivity index (χ1v) is 8.94. The smallest absolute Gasteiger partial charge is 0.136 e. The Morgan fingerprint density at radius 2 is 2.27 bits per heavy atom. The van der Waals surface area contributed by atoms with E-state index in [1.165, 1.54) is 19.3 Å². The number of methoxy groups -OCH3 is 1. The lowest BCUT2D eigenvalue weighted by molar-refractivity contribution is -0.127. The van der Waals surface area contributed by atoms with Crippen LogP contribution in [0.1, 0.15) is 51.9 Å². The Hall–Kier alpha value is -0.670. The number of carbonyl (C=O) groups excluding carboxylic acids is 1. The molecule has 0 radical (unpaired) electrons. The number of allylic oxidation sites excluding steroid dienone is 1. The molecule has 2 aliphatic carbocycles. The molecule has 3 nitrogen and oxygen atoms in total. The lowest BCUT2D eigenvalue weighted by atomic mass is 9.77. The predicted molar refractivity (Wildman–Crippen MR) is 86.7 cm³/mol. The van der Waals surface area contributed by atoms with Gasteiger partial charge < -0.3 is 9.47 Å². The zero-order valence-corrected chi connectivity index (χ0v) is 14.1. The van der Waals surface area contributed by atoms with Crippen molar-refractivity contribution in [3.63, 3.8) is 0 Å². The van der Waals surface area contributed by atoms with Crippen LogP contribution in [0.4, 0.5) is 0 Å². The number of fused-ring (bicyclic) bond motifs is 1. The first-order chi connectivity index (χ1) is 10.7. The quantitative estimate of drug-likeness (QED) is 0.725. The van der Waals surface area contributed by atoms with E-state index in [0.29, 0.717) is 30.1 Å². The summed E-state index contributed by atoms with van der Waals surface area (Å²) in [5.74, 6) is 2.30. The fourth-order valence-corrected chi connectivity index (χ4v) is 5.18. The molecule has 1 aliphatic heterocycles. The summed E-state index contributed by atoms with van der Waals surface area (Å²) in [6, 6.07) is 0. The van der Waals surface area contributed by atoms with Crippen LogP contribution in [0.25, 0.3) is 0 Å². The van der Waals surface area contributed by atoms with Gasteiger partial charge in [0.2, 0.25) is 0 Å². The second-order valence-corrected chi connectivity index (χ2v) is 7.57. The summed E-state index contributed by atoms with van der Waals surface area (Å²) in [5.41, 5.74) is 0.0479. The van der Waals surface area contributed by atoms with Gasteiger partial charge in [-0.05, 0) is 57.3 Å². The topological polar surface area (TPSA) is 35.5 Å². The molecular formula is C19H30O3. The van der Waals surface area contributed by atoms with Gasteiger partial charge >= 0.3 is 0 Å². The molecule has 2 saturated carbocycles. The minimum absolute atomic E-state index is 0.0479. The molecule has 0 aromatic heterocycles. The van der Waals surface area contributed by atoms with E-state index in [-0.39, 0.29) is 11.5 Å². The van der Waals surface area contributed by atoms with Gasteiger partial charge in [0.05, 0.1) is 12.7 Å². The van der Waals surface area contributed by atoms with Gasteiger partial charge in [-0.3, -0.25) is 4.79 Å². The third-order valence-electron chi connectivity index (χ3n) is 6.44. The summed E-state index contributed by atoms with van der Waals surface area (Å²) in [6.07, 6.45) is 13.1. The van der Waals surface area contributed by atoms with Gasteiger partial charge in [-0.15, -0.1) is 0 Å². The zero-order chi connectivity index (χ0) is 15.6. The Balaban J connectivity index is 1.54. The van der Waals surface area contributed by atoms with E-state index >= 15 is 0 Å². The molecule has 5 atom stereocenters. The van der Waals surface area contributed by atoms with Crippen molar-refractivity contribution >= 4 is 5.78 Å². The van der Waals surface area contributed by atoms with Crippen LogP contribution in [0, 0.1) is 23.2 Å². The Kier molecular flexibility index (Phi) is 5.03. The highest BCUT2D eigenvalue weighted by atomic mass is 16.5. The Labute approximate surface area is 134 Å². The van der Waals surface area contributed by atoms with E-state index in [2.05, 4.69) is 12.2 Å². The van der Waals surface area contributed by atoms with E-state index < -0.39 is 0 Å². The molecule has 0 aromatic rings. The van der Waals surface area contributed by atoms with Crippen molar-refractivity contribution in [3.8, 4) is 0 Å². The van der Waals surface area contributed by atoms with Crippen molar-refractivity contribution in [1.29, 1.82) is 0 Å². The lowest BCUT2D eigenvalue weighted by Gasteiger charge is -2.28. The van der Waals surface area contributed by atoms with Gasteiger partial charge in [-0.2, -0.15) is 0 Å². The molecule has 22 heavy (non-hydrogen) atoms. The third-order valence-corrected chi connectivity index (χ3v) is 6.44. The van der Waals surface area contributed by atoms with Crippen molar-refractivity contribution in [2.75, 3.05) is 20.3 Å². The SMILES string of the molecule is COC1COCCC1C=CCC1CC2CCCC2(C(C)=O)C1. The van der Waals surface area contributed by atoms with Crippen molar-refractivity contribution in [2.45, 2.75) is 58.0 Å². The highest BCUT2D eigenvalue weighted by Crippen LogP contribution is 2.57. The fraction of sp³-hybridized carbons (Fsp3) is 0.842. The van der Waals surface area contributed by atoms with Crippen LogP contribution in [0.5, 0.6) is 0 Å². The highest BCUT2D eigenvalue weighted by molar-refractivity contribution is 5.83. The monoisotopic (exact) mass is 306 g/mol. The van der Waals surface area contributed by atoms with E-state index in [1.54, 1.807) is 7.11 Å². The number of ether oxygens (including phenoxy) is 2. The summed E-state index contributed by atoms with van der Waals surface area (Å²) in [6.45, 7) is 3.38. The summed E-state index contributed by atoms with van der Waals surface area (Å²) in [4.78, 5) is 12.1. The van der Waals surface area contributed by atoms with Crippen molar-refractivity contribution in [3.05, 3.63) is 12.2 Å². The summed E-state index contributed by atoms with van der Waals surface area (Å²) in [5, 5.41) is 0. The fourth-order valence-electron chi connectivity index (χ4n) is 5.18. The number of carbonyl (C=O) groups is 1. The van der Waals surface area contributed by atoms with Gasteiger partial charge in [0.25, 0.3) is 0 Å². The molecule has 0 aromatic carbocycles. The molecule has 3 fully saturated rings. The molecular weight excluding hydrogens is 276 g/mol. The molecule has 5 unspecified atom stereocenters. The molecule has 124 valence electrons. The predicted octanol–water partition coefficient (Wildman–Crippen LogP) is 3.77. The third kappa shape index (κ3) is 3.03. The maximum Gasteiger partial charge on any atom is 0.136 e. The number of hydrogen-bond acceptors (Lipinski definition) is 3. The Bertz CT molecular complexity index is 430. The minimum Gasteiger partial charge on any atom is -0.379 e. The van der Waals surface area contributed by atoms with Crippen LogP contribution >= 0.6 is 0 Å². The molecule has 0 N–H and O–H groups in total. The van der Waals surface area contributed by atoms with Crippen LogP contribution in [-0.2, 0) is 14.3 Å². The molecule has 3 rings (SSSR count). The highest BCUT2D eigenvalue weighted by Gasteiger charge is 2.52. The average molecular weight is 306 g/mol. The van der Waals surface area contributed by atoms with Crippen LogP contribution in [0.15, 0.2) is 12.2 Å². The van der Waals surface area contributed by atoms with Crippen LogP contribution in [0.3, 0.4) is 0 Å². The molecule has 1 heterocycles. The normalized spacial score (nSPS) is 41.9. The number of ketones is 1. The first-order valence-electron chi connectivity index (χ1n) is 8.94. The van der Waals surface area contributed by atoms with Gasteiger partial charge in [-0.1, -0.05) is 18.6 Å². The standard InChI is InChI=1S/C19H30O3/c1-14(20)19-9-4-7-17(19)11-15(12-19)5-3-6-16-8-10-22-13-18(16)21-2/h3,6,15-18H,4-5,7-13H2,1-2H3. The van der Waals surface area contributed by atoms with Crippen molar-refractivity contribution < 1.29 is 14.3 Å². The van der Waals surface area contributed by atoms with Crippen LogP contribution < -0.4 is 0 Å². The maximum absolute atomic E-state index is 12.1. The summed E-state index contributed by atoms with van der Waals surface area (Å²) < 4.78 is 11.0. The summed E-state index contributed by atoms with van der Waals surface area (Å²) in [7, 11) is 1.77. The molecule has 0 amide bonds. The zero-order valence-electron chi connectivity index (χ0n) is 14.1.